The number of benzene rings is 1. The van der Waals surface area contributed by atoms with E-state index in [4.69, 9.17) is 4.43 Å². The predicted octanol–water partition coefficient (Wildman–Crippen LogP) is 2.07. The summed E-state index contributed by atoms with van der Waals surface area (Å²) >= 11 is 0. The number of hydrogen-bond acceptors (Lipinski definition) is 5. The van der Waals surface area contributed by atoms with Crippen molar-refractivity contribution in [2.24, 2.45) is 0 Å². The van der Waals surface area contributed by atoms with Gasteiger partial charge in [0.25, 0.3) is 0 Å². The SMILES string of the molecule is C[C@@H](c1cccc(B(O)O)c1)N1CCN(CCO[Si](C)(C)C(C)(C)C)CC1. The molecule has 2 N–H and O–H groups in total. The lowest BCUT2D eigenvalue weighted by atomic mass is 9.79. The maximum absolute atomic E-state index is 9.39. The molecule has 0 bridgehead atoms. The molecule has 0 unspecified atom stereocenters. The van der Waals surface area contributed by atoms with E-state index in [1.165, 1.54) is 0 Å². The molecule has 1 aliphatic rings. The van der Waals surface area contributed by atoms with Gasteiger partial charge in [-0.1, -0.05) is 45.0 Å². The first-order chi connectivity index (χ1) is 12.5. The molecule has 0 radical (unpaired) electrons. The molecule has 0 aromatic heterocycles. The fraction of sp³-hybridized carbons (Fsp3) is 0.700. The van der Waals surface area contributed by atoms with Crippen LogP contribution in [0.3, 0.4) is 0 Å². The van der Waals surface area contributed by atoms with Crippen LogP contribution in [0.5, 0.6) is 0 Å². The summed E-state index contributed by atoms with van der Waals surface area (Å²) in [7, 11) is -3.07. The molecule has 1 aliphatic heterocycles. The Hall–Kier alpha value is -0.698. The molecule has 0 spiro atoms. The fourth-order valence-electron chi connectivity index (χ4n) is 3.21. The third kappa shape index (κ3) is 6.14. The van der Waals surface area contributed by atoms with Crippen molar-refractivity contribution in [2.75, 3.05) is 39.3 Å². The van der Waals surface area contributed by atoms with Gasteiger partial charge in [-0.25, -0.2) is 0 Å². The average Bonchev–Trinajstić information content (AvgIpc) is 2.60. The van der Waals surface area contributed by atoms with Crippen molar-refractivity contribution < 1.29 is 14.5 Å². The van der Waals surface area contributed by atoms with Gasteiger partial charge in [0.2, 0.25) is 0 Å². The Bertz CT molecular complexity index is 599. The second-order valence-corrected chi connectivity index (χ2v) is 14.0. The molecule has 1 fully saturated rings. The molecule has 1 atom stereocenters. The van der Waals surface area contributed by atoms with Crippen molar-refractivity contribution in [2.45, 2.75) is 51.9 Å². The van der Waals surface area contributed by atoms with E-state index in [1.54, 1.807) is 6.07 Å². The topological polar surface area (TPSA) is 56.2 Å². The van der Waals surface area contributed by atoms with Gasteiger partial charge < -0.3 is 14.5 Å². The lowest BCUT2D eigenvalue weighted by Crippen LogP contribution is -2.49. The molecule has 2 rings (SSSR count). The van der Waals surface area contributed by atoms with Crippen molar-refractivity contribution in [1.82, 2.24) is 9.80 Å². The molecule has 0 aliphatic carbocycles. The maximum Gasteiger partial charge on any atom is 0.488 e. The highest BCUT2D eigenvalue weighted by Crippen LogP contribution is 2.36. The Morgan fingerprint density at radius 3 is 2.33 bits per heavy atom. The Morgan fingerprint density at radius 1 is 1.15 bits per heavy atom. The first-order valence-corrected chi connectivity index (χ1v) is 13.0. The molecule has 27 heavy (non-hydrogen) atoms. The van der Waals surface area contributed by atoms with Crippen LogP contribution in [-0.4, -0.2) is 74.6 Å². The smallest absolute Gasteiger partial charge is 0.423 e. The fourth-order valence-corrected chi connectivity index (χ4v) is 4.25. The molecule has 1 aromatic rings. The molecule has 7 heteroatoms. The summed E-state index contributed by atoms with van der Waals surface area (Å²) in [5.74, 6) is 0. The monoisotopic (exact) mass is 392 g/mol. The van der Waals surface area contributed by atoms with E-state index >= 15 is 0 Å². The summed E-state index contributed by atoms with van der Waals surface area (Å²) in [5.41, 5.74) is 1.69. The molecular weight excluding hydrogens is 355 g/mol. The largest absolute Gasteiger partial charge is 0.488 e. The van der Waals surface area contributed by atoms with Gasteiger partial charge >= 0.3 is 7.12 Å². The summed E-state index contributed by atoms with van der Waals surface area (Å²) in [6.07, 6.45) is 0. The first kappa shape index (κ1) is 22.6. The summed E-state index contributed by atoms with van der Waals surface area (Å²) in [6, 6.07) is 7.88. The van der Waals surface area contributed by atoms with Gasteiger partial charge in [-0.05, 0) is 36.1 Å². The number of piperazine rings is 1. The summed E-state index contributed by atoms with van der Waals surface area (Å²) in [5, 5.41) is 19.0. The minimum atomic E-state index is -1.66. The van der Waals surface area contributed by atoms with Gasteiger partial charge in [0.1, 0.15) is 0 Å². The van der Waals surface area contributed by atoms with E-state index in [-0.39, 0.29) is 11.1 Å². The normalized spacial score (nSPS) is 18.5. The van der Waals surface area contributed by atoms with Gasteiger partial charge in [-0.3, -0.25) is 9.80 Å². The van der Waals surface area contributed by atoms with Crippen molar-refractivity contribution in [3.05, 3.63) is 29.8 Å². The Kier molecular flexibility index (Phi) is 7.70. The van der Waals surface area contributed by atoms with Crippen molar-refractivity contribution in [3.63, 3.8) is 0 Å². The third-order valence-corrected chi connectivity index (χ3v) is 10.9. The van der Waals surface area contributed by atoms with Gasteiger partial charge in [-0.15, -0.1) is 0 Å². The quantitative estimate of drug-likeness (QED) is 0.696. The van der Waals surface area contributed by atoms with E-state index in [0.29, 0.717) is 5.46 Å². The van der Waals surface area contributed by atoms with Crippen molar-refractivity contribution in [1.29, 1.82) is 0 Å². The third-order valence-electron chi connectivity index (χ3n) is 6.32. The first-order valence-electron chi connectivity index (χ1n) is 10.1. The molecular formula is C20H37BN2O3Si. The van der Waals surface area contributed by atoms with Crippen LogP contribution in [0.1, 0.15) is 39.3 Å². The van der Waals surface area contributed by atoms with Crippen LogP contribution in [0.15, 0.2) is 24.3 Å². The zero-order valence-corrected chi connectivity index (χ0v) is 18.9. The zero-order valence-electron chi connectivity index (χ0n) is 17.9. The van der Waals surface area contributed by atoms with Crippen LogP contribution >= 0.6 is 0 Å². The van der Waals surface area contributed by atoms with E-state index < -0.39 is 15.4 Å². The van der Waals surface area contributed by atoms with E-state index in [9.17, 15) is 10.0 Å². The zero-order chi connectivity index (χ0) is 20.2. The molecule has 5 nitrogen and oxygen atoms in total. The van der Waals surface area contributed by atoms with Crippen LogP contribution in [0, 0.1) is 0 Å². The molecule has 1 heterocycles. The summed E-state index contributed by atoms with van der Waals surface area (Å²) < 4.78 is 6.31. The van der Waals surface area contributed by atoms with Crippen molar-refractivity contribution in [3.8, 4) is 0 Å². The lowest BCUT2D eigenvalue weighted by Gasteiger charge is -2.40. The van der Waals surface area contributed by atoms with Crippen LogP contribution in [0.4, 0.5) is 0 Å². The van der Waals surface area contributed by atoms with Gasteiger partial charge in [0, 0.05) is 45.4 Å². The highest BCUT2D eigenvalue weighted by molar-refractivity contribution is 6.74. The van der Waals surface area contributed by atoms with E-state index in [0.717, 1.165) is 44.9 Å². The Labute approximate surface area is 166 Å². The maximum atomic E-state index is 9.39. The molecule has 1 aromatic carbocycles. The molecule has 0 amide bonds. The highest BCUT2D eigenvalue weighted by atomic mass is 28.4. The summed E-state index contributed by atoms with van der Waals surface area (Å²) in [4.78, 5) is 4.96. The van der Waals surface area contributed by atoms with Gasteiger partial charge in [0.15, 0.2) is 8.32 Å². The highest BCUT2D eigenvalue weighted by Gasteiger charge is 2.37. The van der Waals surface area contributed by atoms with Crippen LogP contribution in [0.2, 0.25) is 18.1 Å². The van der Waals surface area contributed by atoms with E-state index in [2.05, 4.69) is 56.7 Å². The number of nitrogens with zero attached hydrogens (tertiary/aromatic N) is 2. The summed E-state index contributed by atoms with van der Waals surface area (Å²) in [6.45, 7) is 19.6. The second kappa shape index (κ2) is 9.20. The predicted molar refractivity (Wildman–Crippen MR) is 116 cm³/mol. The van der Waals surface area contributed by atoms with Crippen LogP contribution in [0.25, 0.3) is 0 Å². The Balaban J connectivity index is 1.80. The van der Waals surface area contributed by atoms with Crippen LogP contribution < -0.4 is 5.46 Å². The van der Waals surface area contributed by atoms with E-state index in [1.807, 2.05) is 12.1 Å². The minimum absolute atomic E-state index is 0.262. The van der Waals surface area contributed by atoms with Gasteiger partial charge in [-0.2, -0.15) is 0 Å². The second-order valence-electron chi connectivity index (χ2n) is 9.21. The number of rotatable bonds is 7. The van der Waals surface area contributed by atoms with Crippen molar-refractivity contribution >= 4 is 20.9 Å². The number of hydrogen-bond donors (Lipinski definition) is 2. The Morgan fingerprint density at radius 2 is 1.78 bits per heavy atom. The van der Waals surface area contributed by atoms with Gasteiger partial charge in [0.05, 0.1) is 0 Å². The molecule has 152 valence electrons. The standard InChI is InChI=1S/C20H37BN2O3Si/c1-17(18-8-7-9-19(16-18)21(24)25)23-12-10-22(11-13-23)14-15-26-27(5,6)20(2,3)4/h7-9,16-17,24-25H,10-15H2,1-6H3/t17-/m0/s1. The average molecular weight is 392 g/mol. The van der Waals surface area contributed by atoms with Crippen LogP contribution in [-0.2, 0) is 4.43 Å². The molecule has 0 saturated carbocycles. The minimum Gasteiger partial charge on any atom is -0.423 e. The lowest BCUT2D eigenvalue weighted by molar-refractivity contribution is 0.0900. The molecule has 1 saturated heterocycles.